The van der Waals surface area contributed by atoms with Crippen LogP contribution in [0.15, 0.2) is 48.5 Å². The first kappa shape index (κ1) is 22.2. The van der Waals surface area contributed by atoms with E-state index in [1.54, 1.807) is 31.1 Å². The summed E-state index contributed by atoms with van der Waals surface area (Å²) in [7, 11) is 1.61. The Labute approximate surface area is 183 Å². The summed E-state index contributed by atoms with van der Waals surface area (Å²) >= 11 is 6.00. The molecule has 1 aliphatic carbocycles. The van der Waals surface area contributed by atoms with Crippen LogP contribution in [0, 0.1) is 0 Å². The molecule has 1 aliphatic rings. The highest BCUT2D eigenvalue weighted by atomic mass is 35.5. The molecule has 30 heavy (non-hydrogen) atoms. The van der Waals surface area contributed by atoms with Gasteiger partial charge in [0, 0.05) is 17.6 Å². The topological polar surface area (TPSA) is 58.6 Å². The molecule has 1 atom stereocenters. The zero-order valence-corrected chi connectivity index (χ0v) is 18.3. The highest BCUT2D eigenvalue weighted by Crippen LogP contribution is 2.20. The Hall–Kier alpha value is -2.53. The second kappa shape index (κ2) is 10.5. The number of amides is 2. The number of methoxy groups -OCH3 is 1. The molecular formula is C24H29ClN2O3. The Kier molecular flexibility index (Phi) is 7.75. The van der Waals surface area contributed by atoms with Gasteiger partial charge < -0.3 is 15.0 Å². The van der Waals surface area contributed by atoms with Crippen molar-refractivity contribution >= 4 is 23.4 Å². The molecule has 0 aliphatic heterocycles. The lowest BCUT2D eigenvalue weighted by molar-refractivity contribution is -0.140. The van der Waals surface area contributed by atoms with Crippen LogP contribution in [0.5, 0.6) is 5.75 Å². The lowest BCUT2D eigenvalue weighted by Crippen LogP contribution is -2.50. The van der Waals surface area contributed by atoms with Crippen molar-refractivity contribution in [2.45, 2.75) is 57.7 Å². The minimum atomic E-state index is -0.563. The fourth-order valence-corrected chi connectivity index (χ4v) is 3.91. The summed E-state index contributed by atoms with van der Waals surface area (Å²) in [5, 5.41) is 3.76. The van der Waals surface area contributed by atoms with E-state index in [1.807, 2.05) is 36.4 Å². The molecule has 0 bridgehead atoms. The molecule has 1 N–H and O–H groups in total. The molecule has 5 nitrogen and oxygen atoms in total. The molecular weight excluding hydrogens is 400 g/mol. The number of rotatable bonds is 8. The number of hydrogen-bond acceptors (Lipinski definition) is 3. The third kappa shape index (κ3) is 5.99. The van der Waals surface area contributed by atoms with Gasteiger partial charge in [-0.05, 0) is 55.2 Å². The van der Waals surface area contributed by atoms with E-state index in [4.69, 9.17) is 16.3 Å². The average molecular weight is 429 g/mol. The van der Waals surface area contributed by atoms with Gasteiger partial charge in [-0.3, -0.25) is 9.59 Å². The van der Waals surface area contributed by atoms with Gasteiger partial charge in [0.25, 0.3) is 0 Å². The molecule has 0 spiro atoms. The zero-order chi connectivity index (χ0) is 21.5. The minimum Gasteiger partial charge on any atom is -0.497 e. The van der Waals surface area contributed by atoms with E-state index in [-0.39, 0.29) is 24.3 Å². The Morgan fingerprint density at radius 2 is 1.67 bits per heavy atom. The van der Waals surface area contributed by atoms with Gasteiger partial charge in [0.1, 0.15) is 11.8 Å². The maximum absolute atomic E-state index is 13.2. The number of halogens is 1. The Bertz CT molecular complexity index is 846. The van der Waals surface area contributed by atoms with Crippen molar-refractivity contribution in [3.05, 3.63) is 64.7 Å². The predicted octanol–water partition coefficient (Wildman–Crippen LogP) is 4.37. The number of carbonyl (C=O) groups is 2. The quantitative estimate of drug-likeness (QED) is 0.679. The van der Waals surface area contributed by atoms with Gasteiger partial charge in [-0.15, -0.1) is 0 Å². The van der Waals surface area contributed by atoms with E-state index in [0.717, 1.165) is 42.6 Å². The van der Waals surface area contributed by atoms with Gasteiger partial charge in [-0.1, -0.05) is 48.7 Å². The highest BCUT2D eigenvalue weighted by Gasteiger charge is 2.28. The number of ether oxygens (including phenoxy) is 1. The van der Waals surface area contributed by atoms with E-state index in [9.17, 15) is 9.59 Å². The van der Waals surface area contributed by atoms with E-state index in [1.165, 1.54) is 0 Å². The van der Waals surface area contributed by atoms with Crippen LogP contribution in [0.3, 0.4) is 0 Å². The van der Waals surface area contributed by atoms with Gasteiger partial charge in [0.15, 0.2) is 0 Å². The zero-order valence-electron chi connectivity index (χ0n) is 17.6. The van der Waals surface area contributed by atoms with Gasteiger partial charge in [-0.2, -0.15) is 0 Å². The molecule has 1 unspecified atom stereocenters. The van der Waals surface area contributed by atoms with Gasteiger partial charge in [0.05, 0.1) is 13.5 Å². The molecule has 0 saturated heterocycles. The highest BCUT2D eigenvalue weighted by molar-refractivity contribution is 6.30. The number of hydrogen-bond donors (Lipinski definition) is 1. The van der Waals surface area contributed by atoms with Crippen LogP contribution in [0.2, 0.25) is 5.02 Å². The molecule has 6 heteroatoms. The SMILES string of the molecule is COc1ccc(CC(=O)N(Cc2ccc(Cl)cc2)C(C)C(=O)NC2CCCC2)cc1. The molecule has 0 aromatic heterocycles. The Morgan fingerprint density at radius 3 is 2.27 bits per heavy atom. The van der Waals surface area contributed by atoms with Crippen molar-refractivity contribution in [2.24, 2.45) is 0 Å². The van der Waals surface area contributed by atoms with Crippen LogP contribution in [0.25, 0.3) is 0 Å². The van der Waals surface area contributed by atoms with Gasteiger partial charge in [-0.25, -0.2) is 0 Å². The molecule has 2 aromatic rings. The summed E-state index contributed by atoms with van der Waals surface area (Å²) in [5.41, 5.74) is 1.81. The van der Waals surface area contributed by atoms with Crippen LogP contribution in [0.4, 0.5) is 0 Å². The Morgan fingerprint density at radius 1 is 1.07 bits per heavy atom. The van der Waals surface area contributed by atoms with Crippen molar-refractivity contribution in [2.75, 3.05) is 7.11 Å². The number of nitrogens with one attached hydrogen (secondary N) is 1. The molecule has 3 rings (SSSR count). The second-order valence-electron chi connectivity index (χ2n) is 7.84. The summed E-state index contributed by atoms with van der Waals surface area (Å²) in [6.07, 6.45) is 4.53. The fraction of sp³-hybridized carbons (Fsp3) is 0.417. The number of benzene rings is 2. The van der Waals surface area contributed by atoms with Gasteiger partial charge in [0.2, 0.25) is 11.8 Å². The van der Waals surface area contributed by atoms with Crippen LogP contribution < -0.4 is 10.1 Å². The molecule has 1 saturated carbocycles. The van der Waals surface area contributed by atoms with Crippen molar-refractivity contribution in [3.8, 4) is 5.75 Å². The van der Waals surface area contributed by atoms with Crippen molar-refractivity contribution in [3.63, 3.8) is 0 Å². The van der Waals surface area contributed by atoms with Crippen LogP contribution >= 0.6 is 11.6 Å². The summed E-state index contributed by atoms with van der Waals surface area (Å²) < 4.78 is 5.18. The molecule has 0 radical (unpaired) electrons. The van der Waals surface area contributed by atoms with Crippen LogP contribution in [0.1, 0.15) is 43.7 Å². The van der Waals surface area contributed by atoms with E-state index in [2.05, 4.69) is 5.32 Å². The van der Waals surface area contributed by atoms with Crippen LogP contribution in [-0.2, 0) is 22.6 Å². The largest absolute Gasteiger partial charge is 0.497 e. The monoisotopic (exact) mass is 428 g/mol. The fourth-order valence-electron chi connectivity index (χ4n) is 3.78. The van der Waals surface area contributed by atoms with Crippen molar-refractivity contribution in [1.82, 2.24) is 10.2 Å². The minimum absolute atomic E-state index is 0.0933. The lowest BCUT2D eigenvalue weighted by atomic mass is 10.1. The molecule has 2 amide bonds. The first-order valence-corrected chi connectivity index (χ1v) is 10.8. The Balaban J connectivity index is 1.74. The standard InChI is InChI=1S/C24H29ClN2O3/c1-17(24(29)26-21-5-3-4-6-21)27(16-19-7-11-20(25)12-8-19)23(28)15-18-9-13-22(30-2)14-10-18/h7-14,17,21H,3-6,15-16H2,1-2H3,(H,26,29). The summed E-state index contributed by atoms with van der Waals surface area (Å²) in [6, 6.07) is 14.4. The number of carbonyl (C=O) groups excluding carboxylic acids is 2. The normalized spacial score (nSPS) is 14.9. The molecule has 1 fully saturated rings. The van der Waals surface area contributed by atoms with Crippen LogP contribution in [-0.4, -0.2) is 35.9 Å². The molecule has 0 heterocycles. The third-order valence-corrected chi connectivity index (χ3v) is 5.90. The maximum atomic E-state index is 13.2. The van der Waals surface area contributed by atoms with E-state index >= 15 is 0 Å². The predicted molar refractivity (Wildman–Crippen MR) is 119 cm³/mol. The number of nitrogens with zero attached hydrogens (tertiary/aromatic N) is 1. The first-order valence-electron chi connectivity index (χ1n) is 10.4. The summed E-state index contributed by atoms with van der Waals surface area (Å²) in [5.74, 6) is 0.552. The third-order valence-electron chi connectivity index (χ3n) is 5.65. The molecule has 160 valence electrons. The van der Waals surface area contributed by atoms with Gasteiger partial charge >= 0.3 is 0 Å². The maximum Gasteiger partial charge on any atom is 0.242 e. The van der Waals surface area contributed by atoms with Crippen molar-refractivity contribution in [1.29, 1.82) is 0 Å². The summed E-state index contributed by atoms with van der Waals surface area (Å²) in [6.45, 7) is 2.15. The van der Waals surface area contributed by atoms with Crippen molar-refractivity contribution < 1.29 is 14.3 Å². The van der Waals surface area contributed by atoms with E-state index in [0.29, 0.717) is 11.6 Å². The molecule has 2 aromatic carbocycles. The average Bonchev–Trinajstić information content (AvgIpc) is 3.26. The summed E-state index contributed by atoms with van der Waals surface area (Å²) in [4.78, 5) is 27.7. The smallest absolute Gasteiger partial charge is 0.242 e. The lowest BCUT2D eigenvalue weighted by Gasteiger charge is -2.30. The first-order chi connectivity index (χ1) is 14.5. The second-order valence-corrected chi connectivity index (χ2v) is 8.28. The van der Waals surface area contributed by atoms with E-state index < -0.39 is 6.04 Å².